The number of ether oxygens (including phenoxy) is 2. The van der Waals surface area contributed by atoms with Gasteiger partial charge in [-0.15, -0.1) is 0 Å². The van der Waals surface area contributed by atoms with Crippen molar-refractivity contribution in [3.05, 3.63) is 58.8 Å². The maximum atomic E-state index is 13.0. The van der Waals surface area contributed by atoms with E-state index in [0.29, 0.717) is 11.5 Å². The van der Waals surface area contributed by atoms with E-state index in [1.165, 1.54) is 10.6 Å². The molecule has 0 saturated carbocycles. The van der Waals surface area contributed by atoms with Crippen LogP contribution in [0.5, 0.6) is 11.5 Å². The standard InChI is InChI=1S/C14H14FNO3/c1-18-12-3-2-4-13(9-12)19-8-7-16-10-11(15)5-6-14(16)17/h2-6,9-10H,7-8H2,1H3. The SMILES string of the molecule is COc1cccc(OCCn2cc(F)ccc2=O)c1. The summed E-state index contributed by atoms with van der Waals surface area (Å²) in [6, 6.07) is 9.49. The fourth-order valence-electron chi connectivity index (χ4n) is 1.63. The van der Waals surface area contributed by atoms with Crippen molar-refractivity contribution in [3.8, 4) is 11.5 Å². The molecule has 0 amide bonds. The molecular weight excluding hydrogens is 249 g/mol. The van der Waals surface area contributed by atoms with Crippen molar-refractivity contribution in [3.63, 3.8) is 0 Å². The minimum absolute atomic E-state index is 0.254. The quantitative estimate of drug-likeness (QED) is 0.829. The average molecular weight is 263 g/mol. The highest BCUT2D eigenvalue weighted by Gasteiger charge is 2.00. The van der Waals surface area contributed by atoms with E-state index in [2.05, 4.69) is 0 Å². The van der Waals surface area contributed by atoms with Gasteiger partial charge in [-0.2, -0.15) is 0 Å². The van der Waals surface area contributed by atoms with Crippen molar-refractivity contribution in [2.45, 2.75) is 6.54 Å². The Hall–Kier alpha value is -2.30. The molecule has 5 heteroatoms. The Bertz CT molecular complexity index is 610. The lowest BCUT2D eigenvalue weighted by Gasteiger charge is -2.09. The van der Waals surface area contributed by atoms with Gasteiger partial charge in [0, 0.05) is 18.3 Å². The van der Waals surface area contributed by atoms with E-state index in [9.17, 15) is 9.18 Å². The predicted molar refractivity (Wildman–Crippen MR) is 69.1 cm³/mol. The van der Waals surface area contributed by atoms with Crippen molar-refractivity contribution in [2.24, 2.45) is 0 Å². The number of rotatable bonds is 5. The number of pyridine rings is 1. The smallest absolute Gasteiger partial charge is 0.250 e. The summed E-state index contributed by atoms with van der Waals surface area (Å²) < 4.78 is 24.8. The highest BCUT2D eigenvalue weighted by Crippen LogP contribution is 2.18. The van der Waals surface area contributed by atoms with E-state index in [1.807, 2.05) is 12.1 Å². The first-order valence-corrected chi connectivity index (χ1v) is 5.82. The molecule has 0 spiro atoms. The molecule has 2 rings (SSSR count). The first-order chi connectivity index (χ1) is 9.19. The van der Waals surface area contributed by atoms with Gasteiger partial charge < -0.3 is 14.0 Å². The predicted octanol–water partition coefficient (Wildman–Crippen LogP) is 2.07. The van der Waals surface area contributed by atoms with Crippen LogP contribution in [0.1, 0.15) is 0 Å². The third kappa shape index (κ3) is 3.58. The van der Waals surface area contributed by atoms with Crippen molar-refractivity contribution in [1.82, 2.24) is 4.57 Å². The maximum Gasteiger partial charge on any atom is 0.250 e. The number of benzene rings is 1. The number of nitrogens with zero attached hydrogens (tertiary/aromatic N) is 1. The lowest BCUT2D eigenvalue weighted by Crippen LogP contribution is -2.22. The number of hydrogen-bond acceptors (Lipinski definition) is 3. The van der Waals surface area contributed by atoms with Gasteiger partial charge >= 0.3 is 0 Å². The Labute approximate surface area is 110 Å². The van der Waals surface area contributed by atoms with Crippen LogP contribution in [0.15, 0.2) is 47.4 Å². The summed E-state index contributed by atoms with van der Waals surface area (Å²) in [7, 11) is 1.57. The third-order valence-corrected chi connectivity index (χ3v) is 2.59. The van der Waals surface area contributed by atoms with Gasteiger partial charge in [-0.1, -0.05) is 6.07 Å². The number of halogens is 1. The molecular formula is C14H14FNO3. The minimum Gasteiger partial charge on any atom is -0.497 e. The summed E-state index contributed by atoms with van der Waals surface area (Å²) in [6.45, 7) is 0.560. The molecule has 100 valence electrons. The Kier molecular flexibility index (Phi) is 4.18. The monoisotopic (exact) mass is 263 g/mol. The fourth-order valence-corrected chi connectivity index (χ4v) is 1.63. The molecule has 4 nitrogen and oxygen atoms in total. The van der Waals surface area contributed by atoms with E-state index >= 15 is 0 Å². The molecule has 0 aliphatic carbocycles. The fraction of sp³-hybridized carbons (Fsp3) is 0.214. The molecule has 1 aromatic carbocycles. The molecule has 0 aliphatic rings. The number of methoxy groups -OCH3 is 1. The molecule has 0 N–H and O–H groups in total. The van der Waals surface area contributed by atoms with E-state index in [0.717, 1.165) is 12.3 Å². The topological polar surface area (TPSA) is 40.5 Å². The normalized spacial score (nSPS) is 10.2. The first kappa shape index (κ1) is 13.1. The summed E-state index contributed by atoms with van der Waals surface area (Å²) in [5.41, 5.74) is -0.254. The zero-order chi connectivity index (χ0) is 13.7. The van der Waals surface area contributed by atoms with Gasteiger partial charge in [0.1, 0.15) is 23.9 Å². The molecule has 0 unspecified atom stereocenters. The zero-order valence-corrected chi connectivity index (χ0v) is 10.5. The Morgan fingerprint density at radius 2 is 2.00 bits per heavy atom. The highest BCUT2D eigenvalue weighted by molar-refractivity contribution is 5.32. The van der Waals surface area contributed by atoms with Crippen LogP contribution in [0, 0.1) is 5.82 Å². The summed E-state index contributed by atoms with van der Waals surface area (Å²) in [6.07, 6.45) is 1.16. The van der Waals surface area contributed by atoms with Crippen LogP contribution in [0.2, 0.25) is 0 Å². The van der Waals surface area contributed by atoms with Crippen LogP contribution in [-0.2, 0) is 6.54 Å². The first-order valence-electron chi connectivity index (χ1n) is 5.82. The van der Waals surface area contributed by atoms with Gasteiger partial charge in [-0.05, 0) is 18.2 Å². The van der Waals surface area contributed by atoms with Crippen LogP contribution < -0.4 is 15.0 Å². The summed E-state index contributed by atoms with van der Waals surface area (Å²) in [5.74, 6) is 0.894. The van der Waals surface area contributed by atoms with Gasteiger partial charge in [0.15, 0.2) is 0 Å². The van der Waals surface area contributed by atoms with Gasteiger partial charge in [-0.3, -0.25) is 4.79 Å². The molecule has 1 aromatic heterocycles. The average Bonchev–Trinajstić information content (AvgIpc) is 2.43. The number of hydrogen-bond donors (Lipinski definition) is 0. The molecule has 1 heterocycles. The van der Waals surface area contributed by atoms with E-state index in [4.69, 9.17) is 9.47 Å². The maximum absolute atomic E-state index is 13.0. The van der Waals surface area contributed by atoms with E-state index in [-0.39, 0.29) is 18.7 Å². The van der Waals surface area contributed by atoms with Gasteiger partial charge in [0.2, 0.25) is 0 Å². The molecule has 19 heavy (non-hydrogen) atoms. The lowest BCUT2D eigenvalue weighted by atomic mass is 10.3. The zero-order valence-electron chi connectivity index (χ0n) is 10.5. The molecule has 0 atom stereocenters. The molecule has 0 bridgehead atoms. The molecule has 0 radical (unpaired) electrons. The Balaban J connectivity index is 1.96. The van der Waals surface area contributed by atoms with Crippen molar-refractivity contribution in [1.29, 1.82) is 0 Å². The lowest BCUT2D eigenvalue weighted by molar-refractivity contribution is 0.293. The number of aromatic nitrogens is 1. The van der Waals surface area contributed by atoms with Crippen molar-refractivity contribution in [2.75, 3.05) is 13.7 Å². The van der Waals surface area contributed by atoms with E-state index < -0.39 is 5.82 Å². The van der Waals surface area contributed by atoms with Gasteiger partial charge in [0.05, 0.1) is 13.7 Å². The largest absolute Gasteiger partial charge is 0.497 e. The minimum atomic E-state index is -0.444. The molecule has 0 saturated heterocycles. The molecule has 2 aromatic rings. The summed E-state index contributed by atoms with van der Waals surface area (Å²) in [5, 5.41) is 0. The van der Waals surface area contributed by atoms with Crippen molar-refractivity contribution < 1.29 is 13.9 Å². The molecule has 0 fully saturated rings. The van der Waals surface area contributed by atoms with Crippen LogP contribution in [0.4, 0.5) is 4.39 Å². The van der Waals surface area contributed by atoms with E-state index in [1.54, 1.807) is 19.2 Å². The highest BCUT2D eigenvalue weighted by atomic mass is 19.1. The van der Waals surface area contributed by atoms with Crippen LogP contribution >= 0.6 is 0 Å². The molecule has 0 aliphatic heterocycles. The van der Waals surface area contributed by atoms with Crippen LogP contribution in [-0.4, -0.2) is 18.3 Å². The summed E-state index contributed by atoms with van der Waals surface area (Å²) >= 11 is 0. The van der Waals surface area contributed by atoms with Crippen LogP contribution in [0.25, 0.3) is 0 Å². The van der Waals surface area contributed by atoms with Gasteiger partial charge in [0.25, 0.3) is 5.56 Å². The second-order valence-electron chi connectivity index (χ2n) is 3.91. The third-order valence-electron chi connectivity index (χ3n) is 2.59. The van der Waals surface area contributed by atoms with Crippen LogP contribution in [0.3, 0.4) is 0 Å². The summed E-state index contributed by atoms with van der Waals surface area (Å²) in [4.78, 5) is 11.4. The Morgan fingerprint density at radius 3 is 2.79 bits per heavy atom. The second-order valence-corrected chi connectivity index (χ2v) is 3.91. The Morgan fingerprint density at radius 1 is 1.21 bits per heavy atom. The second kappa shape index (κ2) is 6.04. The van der Waals surface area contributed by atoms with Gasteiger partial charge in [-0.25, -0.2) is 4.39 Å². The van der Waals surface area contributed by atoms with Crippen molar-refractivity contribution >= 4 is 0 Å².